The smallest absolute Gasteiger partial charge is 0.166 e. The Labute approximate surface area is 117 Å². The van der Waals surface area contributed by atoms with Gasteiger partial charge in [0.25, 0.3) is 0 Å². The summed E-state index contributed by atoms with van der Waals surface area (Å²) in [5, 5.41) is 0.827. The maximum atomic E-state index is 5.64. The van der Waals surface area contributed by atoms with Gasteiger partial charge in [-0.2, -0.15) is 0 Å². The van der Waals surface area contributed by atoms with E-state index in [0.717, 1.165) is 15.6 Å². The van der Waals surface area contributed by atoms with Gasteiger partial charge < -0.3 is 4.74 Å². The molecular formula is C12H10Br2N2O. The standard InChI is InChI=1S/C12H10Br2N2O/c13-7-9-2-3-11(10(14)6-9)17-8-12-15-4-1-5-16-12/h1-6H,7-8H2. The minimum atomic E-state index is 0.368. The molecule has 88 valence electrons. The van der Waals surface area contributed by atoms with Crippen molar-refractivity contribution >= 4 is 31.9 Å². The van der Waals surface area contributed by atoms with Crippen molar-refractivity contribution in [3.05, 3.63) is 52.5 Å². The van der Waals surface area contributed by atoms with Crippen LogP contribution in [0.15, 0.2) is 41.1 Å². The molecule has 0 aliphatic rings. The molecule has 0 saturated carbocycles. The third-order valence-corrected chi connectivity index (χ3v) is 3.39. The first-order valence-electron chi connectivity index (χ1n) is 5.02. The second kappa shape index (κ2) is 6.12. The second-order valence-corrected chi connectivity index (χ2v) is 4.77. The predicted octanol–water partition coefficient (Wildman–Crippen LogP) is 3.71. The third-order valence-electron chi connectivity index (χ3n) is 2.13. The normalized spacial score (nSPS) is 10.2. The van der Waals surface area contributed by atoms with E-state index in [1.54, 1.807) is 18.5 Å². The maximum Gasteiger partial charge on any atom is 0.166 e. The van der Waals surface area contributed by atoms with Crippen molar-refractivity contribution in [1.29, 1.82) is 0 Å². The van der Waals surface area contributed by atoms with Gasteiger partial charge in [0.2, 0.25) is 0 Å². The predicted molar refractivity (Wildman–Crippen MR) is 73.1 cm³/mol. The molecule has 0 bridgehead atoms. The molecule has 0 unspecified atom stereocenters. The molecule has 2 aromatic rings. The summed E-state index contributed by atoms with van der Waals surface area (Å²) in [6.45, 7) is 0.368. The van der Waals surface area contributed by atoms with Crippen LogP contribution >= 0.6 is 31.9 Å². The van der Waals surface area contributed by atoms with Crippen molar-refractivity contribution in [3.63, 3.8) is 0 Å². The lowest BCUT2D eigenvalue weighted by Crippen LogP contribution is -2.00. The van der Waals surface area contributed by atoms with E-state index < -0.39 is 0 Å². The molecule has 0 saturated heterocycles. The van der Waals surface area contributed by atoms with Crippen LogP contribution in [0.1, 0.15) is 11.4 Å². The molecule has 0 aliphatic carbocycles. The minimum Gasteiger partial charge on any atom is -0.484 e. The Bertz CT molecular complexity index is 491. The van der Waals surface area contributed by atoms with Gasteiger partial charge >= 0.3 is 0 Å². The number of alkyl halides is 1. The van der Waals surface area contributed by atoms with Gasteiger partial charge in [-0.1, -0.05) is 22.0 Å². The molecule has 5 heteroatoms. The quantitative estimate of drug-likeness (QED) is 0.782. The lowest BCUT2D eigenvalue weighted by atomic mass is 10.2. The fourth-order valence-electron chi connectivity index (χ4n) is 1.29. The fourth-order valence-corrected chi connectivity index (χ4v) is 2.18. The number of ether oxygens (including phenoxy) is 1. The molecular weight excluding hydrogens is 348 g/mol. The van der Waals surface area contributed by atoms with E-state index in [2.05, 4.69) is 41.8 Å². The second-order valence-electron chi connectivity index (χ2n) is 3.35. The molecule has 0 aliphatic heterocycles. The van der Waals surface area contributed by atoms with Crippen molar-refractivity contribution in [2.45, 2.75) is 11.9 Å². The van der Waals surface area contributed by atoms with E-state index in [0.29, 0.717) is 12.4 Å². The van der Waals surface area contributed by atoms with E-state index in [9.17, 15) is 0 Å². The van der Waals surface area contributed by atoms with E-state index in [-0.39, 0.29) is 0 Å². The van der Waals surface area contributed by atoms with Crippen LogP contribution in [-0.4, -0.2) is 9.97 Å². The average Bonchev–Trinajstić information content (AvgIpc) is 2.38. The molecule has 2 rings (SSSR count). The summed E-state index contributed by atoms with van der Waals surface area (Å²) in [5.41, 5.74) is 1.19. The molecule has 0 radical (unpaired) electrons. The summed E-state index contributed by atoms with van der Waals surface area (Å²) >= 11 is 6.89. The number of nitrogens with zero attached hydrogens (tertiary/aromatic N) is 2. The van der Waals surface area contributed by atoms with Crippen molar-refractivity contribution in [2.75, 3.05) is 0 Å². The number of halogens is 2. The first kappa shape index (κ1) is 12.5. The van der Waals surface area contributed by atoms with Crippen LogP contribution in [-0.2, 0) is 11.9 Å². The molecule has 1 heterocycles. The van der Waals surface area contributed by atoms with Crippen LogP contribution in [0.2, 0.25) is 0 Å². The van der Waals surface area contributed by atoms with Crippen LogP contribution < -0.4 is 4.74 Å². The molecule has 1 aromatic heterocycles. The summed E-state index contributed by atoms with van der Waals surface area (Å²) in [6.07, 6.45) is 3.41. The molecule has 0 fully saturated rings. The number of hydrogen-bond donors (Lipinski definition) is 0. The monoisotopic (exact) mass is 356 g/mol. The van der Waals surface area contributed by atoms with Crippen LogP contribution in [0.3, 0.4) is 0 Å². The van der Waals surface area contributed by atoms with Crippen molar-refractivity contribution in [2.24, 2.45) is 0 Å². The summed E-state index contributed by atoms with van der Waals surface area (Å²) < 4.78 is 6.57. The number of benzene rings is 1. The van der Waals surface area contributed by atoms with Gasteiger partial charge in [-0.05, 0) is 39.7 Å². The summed E-state index contributed by atoms with van der Waals surface area (Å²) in [5.74, 6) is 1.46. The number of aromatic nitrogens is 2. The van der Waals surface area contributed by atoms with Crippen molar-refractivity contribution in [1.82, 2.24) is 9.97 Å². The molecule has 0 amide bonds. The Kier molecular flexibility index (Phi) is 4.50. The Morgan fingerprint density at radius 2 is 1.94 bits per heavy atom. The molecule has 0 spiro atoms. The van der Waals surface area contributed by atoms with Crippen molar-refractivity contribution < 1.29 is 4.74 Å². The molecule has 0 atom stereocenters. The summed E-state index contributed by atoms with van der Waals surface area (Å²) in [4.78, 5) is 8.20. The Morgan fingerprint density at radius 3 is 2.59 bits per heavy atom. The zero-order valence-corrected chi connectivity index (χ0v) is 12.1. The Morgan fingerprint density at radius 1 is 1.18 bits per heavy atom. The summed E-state index contributed by atoms with van der Waals surface area (Å²) in [7, 11) is 0. The maximum absolute atomic E-state index is 5.64. The van der Waals surface area contributed by atoms with Crippen LogP contribution in [0, 0.1) is 0 Å². The highest BCUT2D eigenvalue weighted by atomic mass is 79.9. The lowest BCUT2D eigenvalue weighted by molar-refractivity contribution is 0.294. The van der Waals surface area contributed by atoms with Gasteiger partial charge in [0.1, 0.15) is 12.4 Å². The first-order valence-corrected chi connectivity index (χ1v) is 6.94. The highest BCUT2D eigenvalue weighted by Gasteiger charge is 2.03. The van der Waals surface area contributed by atoms with E-state index >= 15 is 0 Å². The number of rotatable bonds is 4. The average molecular weight is 358 g/mol. The van der Waals surface area contributed by atoms with Gasteiger partial charge in [-0.25, -0.2) is 9.97 Å². The van der Waals surface area contributed by atoms with E-state index in [4.69, 9.17) is 4.74 Å². The Hall–Kier alpha value is -0.940. The van der Waals surface area contributed by atoms with Gasteiger partial charge in [0, 0.05) is 17.7 Å². The molecule has 3 nitrogen and oxygen atoms in total. The summed E-state index contributed by atoms with van der Waals surface area (Å²) in [6, 6.07) is 7.75. The molecule has 1 aromatic carbocycles. The van der Waals surface area contributed by atoms with Crippen LogP contribution in [0.25, 0.3) is 0 Å². The fraction of sp³-hybridized carbons (Fsp3) is 0.167. The zero-order chi connectivity index (χ0) is 12.1. The van der Waals surface area contributed by atoms with Crippen LogP contribution in [0.4, 0.5) is 0 Å². The first-order chi connectivity index (χ1) is 8.29. The van der Waals surface area contributed by atoms with Crippen LogP contribution in [0.5, 0.6) is 5.75 Å². The largest absolute Gasteiger partial charge is 0.484 e. The van der Waals surface area contributed by atoms with E-state index in [1.807, 2.05) is 18.2 Å². The topological polar surface area (TPSA) is 35.0 Å². The Balaban J connectivity index is 2.04. The lowest BCUT2D eigenvalue weighted by Gasteiger charge is -2.08. The van der Waals surface area contributed by atoms with Gasteiger partial charge in [0.05, 0.1) is 4.47 Å². The van der Waals surface area contributed by atoms with Crippen molar-refractivity contribution in [3.8, 4) is 5.75 Å². The highest BCUT2D eigenvalue weighted by Crippen LogP contribution is 2.27. The third kappa shape index (κ3) is 3.51. The minimum absolute atomic E-state index is 0.368. The SMILES string of the molecule is BrCc1ccc(OCc2ncccn2)c(Br)c1. The van der Waals surface area contributed by atoms with Gasteiger partial charge in [-0.3, -0.25) is 0 Å². The molecule has 17 heavy (non-hydrogen) atoms. The van der Waals surface area contributed by atoms with Gasteiger partial charge in [-0.15, -0.1) is 0 Å². The van der Waals surface area contributed by atoms with E-state index in [1.165, 1.54) is 5.56 Å². The highest BCUT2D eigenvalue weighted by molar-refractivity contribution is 9.10. The number of hydrogen-bond acceptors (Lipinski definition) is 3. The zero-order valence-electron chi connectivity index (χ0n) is 8.94. The van der Waals surface area contributed by atoms with Gasteiger partial charge in [0.15, 0.2) is 5.82 Å². The molecule has 0 N–H and O–H groups in total.